The first-order valence-electron chi connectivity index (χ1n) is 7.37. The van der Waals surface area contributed by atoms with Crippen molar-refractivity contribution in [3.05, 3.63) is 59.1 Å². The third-order valence-electron chi connectivity index (χ3n) is 3.14. The van der Waals surface area contributed by atoms with Gasteiger partial charge in [-0.2, -0.15) is 13.2 Å². The number of para-hydroxylation sites is 1. The zero-order chi connectivity index (χ0) is 19.2. The first-order chi connectivity index (χ1) is 12.3. The van der Waals surface area contributed by atoms with Gasteiger partial charge in [0, 0.05) is 5.02 Å². The van der Waals surface area contributed by atoms with Crippen LogP contribution in [0.1, 0.15) is 5.56 Å². The Kier molecular flexibility index (Phi) is 6.46. The van der Waals surface area contributed by atoms with Gasteiger partial charge in [-0.05, 0) is 36.4 Å². The number of hydrogen-bond acceptors (Lipinski definition) is 3. The smallest absolute Gasteiger partial charge is 0.418 e. The third-order valence-corrected chi connectivity index (χ3v) is 3.39. The first kappa shape index (κ1) is 19.6. The van der Waals surface area contributed by atoms with Gasteiger partial charge in [-0.25, -0.2) is 0 Å². The van der Waals surface area contributed by atoms with Gasteiger partial charge in [0.15, 0.2) is 6.61 Å². The molecule has 0 atom stereocenters. The van der Waals surface area contributed by atoms with E-state index in [1.807, 2.05) is 0 Å². The van der Waals surface area contributed by atoms with E-state index in [2.05, 4.69) is 10.6 Å². The monoisotopic (exact) mass is 386 g/mol. The minimum absolute atomic E-state index is 0.353. The molecule has 2 rings (SSSR count). The predicted octanol–water partition coefficient (Wildman–Crippen LogP) is 3.49. The molecule has 0 aliphatic carbocycles. The topological polar surface area (TPSA) is 67.4 Å². The summed E-state index contributed by atoms with van der Waals surface area (Å²) in [6.07, 6.45) is -4.60. The molecule has 0 aromatic heterocycles. The molecule has 2 amide bonds. The van der Waals surface area contributed by atoms with Crippen molar-refractivity contribution >= 4 is 29.1 Å². The summed E-state index contributed by atoms with van der Waals surface area (Å²) in [7, 11) is 0. The van der Waals surface area contributed by atoms with Crippen molar-refractivity contribution in [2.45, 2.75) is 6.18 Å². The highest BCUT2D eigenvalue weighted by Crippen LogP contribution is 2.34. The van der Waals surface area contributed by atoms with Crippen LogP contribution in [-0.2, 0) is 15.8 Å². The highest BCUT2D eigenvalue weighted by atomic mass is 35.5. The molecule has 0 spiro atoms. The summed E-state index contributed by atoms with van der Waals surface area (Å²) < 4.78 is 43.7. The average molecular weight is 387 g/mol. The number of carbonyl (C=O) groups is 2. The van der Waals surface area contributed by atoms with Gasteiger partial charge in [0.05, 0.1) is 17.8 Å². The zero-order valence-electron chi connectivity index (χ0n) is 13.3. The quantitative estimate of drug-likeness (QED) is 0.798. The number of rotatable bonds is 6. The maximum absolute atomic E-state index is 12.9. The van der Waals surface area contributed by atoms with Crippen LogP contribution >= 0.6 is 11.6 Å². The van der Waals surface area contributed by atoms with Gasteiger partial charge < -0.3 is 15.4 Å². The number of anilines is 1. The van der Waals surface area contributed by atoms with Gasteiger partial charge in [0.25, 0.3) is 5.91 Å². The van der Waals surface area contributed by atoms with Crippen molar-refractivity contribution in [2.24, 2.45) is 0 Å². The second-order valence-electron chi connectivity index (χ2n) is 5.11. The molecule has 2 N–H and O–H groups in total. The molecule has 26 heavy (non-hydrogen) atoms. The van der Waals surface area contributed by atoms with Crippen LogP contribution in [0.4, 0.5) is 18.9 Å². The molecule has 0 radical (unpaired) electrons. The number of hydrogen-bond donors (Lipinski definition) is 2. The molecule has 0 unspecified atom stereocenters. The SMILES string of the molecule is O=C(COc1ccc(Cl)cc1)NCC(=O)Nc1ccccc1C(F)(F)F. The molecule has 5 nitrogen and oxygen atoms in total. The maximum atomic E-state index is 12.9. The van der Waals surface area contributed by atoms with E-state index in [-0.39, 0.29) is 12.3 Å². The summed E-state index contributed by atoms with van der Waals surface area (Å²) in [6.45, 7) is -0.844. The largest absolute Gasteiger partial charge is 0.484 e. The molecule has 0 saturated carbocycles. The van der Waals surface area contributed by atoms with E-state index in [1.165, 1.54) is 12.1 Å². The van der Waals surface area contributed by atoms with Crippen molar-refractivity contribution in [1.82, 2.24) is 5.32 Å². The van der Waals surface area contributed by atoms with E-state index in [0.29, 0.717) is 10.8 Å². The summed E-state index contributed by atoms with van der Waals surface area (Å²) in [5, 5.41) is 4.89. The third kappa shape index (κ3) is 5.96. The molecule has 9 heteroatoms. The van der Waals surface area contributed by atoms with Gasteiger partial charge in [-0.1, -0.05) is 23.7 Å². The molecular formula is C17H14ClF3N2O3. The van der Waals surface area contributed by atoms with Gasteiger partial charge in [0.2, 0.25) is 5.91 Å². The molecule has 0 heterocycles. The molecule has 0 aliphatic heterocycles. The number of halogens is 4. The number of alkyl halides is 3. The van der Waals surface area contributed by atoms with Gasteiger partial charge >= 0.3 is 6.18 Å². The van der Waals surface area contributed by atoms with E-state index in [4.69, 9.17) is 16.3 Å². The second-order valence-corrected chi connectivity index (χ2v) is 5.55. The lowest BCUT2D eigenvalue weighted by Gasteiger charge is -2.13. The van der Waals surface area contributed by atoms with Crippen LogP contribution in [0.2, 0.25) is 5.02 Å². The fourth-order valence-electron chi connectivity index (χ4n) is 1.94. The molecule has 138 valence electrons. The Balaban J connectivity index is 1.82. The number of amides is 2. The summed E-state index contributed by atoms with van der Waals surface area (Å²) in [4.78, 5) is 23.4. The summed E-state index contributed by atoms with van der Waals surface area (Å²) in [5.74, 6) is -0.978. The van der Waals surface area contributed by atoms with Crippen molar-refractivity contribution in [3.8, 4) is 5.75 Å². The fraction of sp³-hybridized carbons (Fsp3) is 0.176. The molecule has 0 fully saturated rings. The van der Waals surface area contributed by atoms with Gasteiger partial charge in [-0.3, -0.25) is 9.59 Å². The van der Waals surface area contributed by atoms with Gasteiger partial charge in [-0.15, -0.1) is 0 Å². The predicted molar refractivity (Wildman–Crippen MR) is 90.0 cm³/mol. The van der Waals surface area contributed by atoms with Crippen LogP contribution in [0, 0.1) is 0 Å². The van der Waals surface area contributed by atoms with E-state index >= 15 is 0 Å². The Hall–Kier alpha value is -2.74. The highest BCUT2D eigenvalue weighted by Gasteiger charge is 2.33. The van der Waals surface area contributed by atoms with E-state index in [0.717, 1.165) is 12.1 Å². The first-order valence-corrected chi connectivity index (χ1v) is 7.74. The Labute approximate surface area is 152 Å². The average Bonchev–Trinajstić information content (AvgIpc) is 2.59. The molecule has 2 aromatic rings. The standard InChI is InChI=1S/C17H14ClF3N2O3/c18-11-5-7-12(8-6-11)26-10-16(25)22-9-15(24)23-14-4-2-1-3-13(14)17(19,20)21/h1-8H,9-10H2,(H,22,25)(H,23,24). The number of ether oxygens (including phenoxy) is 1. The summed E-state index contributed by atoms with van der Waals surface area (Å²) in [6, 6.07) is 10.9. The van der Waals surface area contributed by atoms with Crippen LogP contribution in [0.5, 0.6) is 5.75 Å². The zero-order valence-corrected chi connectivity index (χ0v) is 14.0. The van der Waals surface area contributed by atoms with Crippen LogP contribution in [0.25, 0.3) is 0 Å². The fourth-order valence-corrected chi connectivity index (χ4v) is 2.07. The summed E-state index contributed by atoms with van der Waals surface area (Å²) in [5.41, 5.74) is -1.34. The number of carbonyl (C=O) groups excluding carboxylic acids is 2. The second kappa shape index (κ2) is 8.57. The van der Waals surface area contributed by atoms with Crippen LogP contribution in [0.3, 0.4) is 0 Å². The highest BCUT2D eigenvalue weighted by molar-refractivity contribution is 6.30. The van der Waals surface area contributed by atoms with Crippen LogP contribution in [-0.4, -0.2) is 25.0 Å². The normalized spacial score (nSPS) is 10.9. The number of nitrogens with one attached hydrogen (secondary N) is 2. The minimum Gasteiger partial charge on any atom is -0.484 e. The number of benzene rings is 2. The lowest BCUT2D eigenvalue weighted by molar-refractivity contribution is -0.137. The molecule has 0 saturated heterocycles. The van der Waals surface area contributed by atoms with Crippen molar-refractivity contribution in [1.29, 1.82) is 0 Å². The van der Waals surface area contributed by atoms with E-state index in [1.54, 1.807) is 24.3 Å². The van der Waals surface area contributed by atoms with Crippen LogP contribution < -0.4 is 15.4 Å². The van der Waals surface area contributed by atoms with E-state index in [9.17, 15) is 22.8 Å². The van der Waals surface area contributed by atoms with Crippen LogP contribution in [0.15, 0.2) is 48.5 Å². The minimum atomic E-state index is -4.60. The molecular weight excluding hydrogens is 373 g/mol. The Morgan fingerprint density at radius 3 is 2.31 bits per heavy atom. The molecule has 2 aromatic carbocycles. The lowest BCUT2D eigenvalue weighted by atomic mass is 10.1. The van der Waals surface area contributed by atoms with Crippen molar-refractivity contribution in [2.75, 3.05) is 18.5 Å². The maximum Gasteiger partial charge on any atom is 0.418 e. The Bertz CT molecular complexity index is 780. The Morgan fingerprint density at radius 2 is 1.65 bits per heavy atom. The molecule has 0 aliphatic rings. The van der Waals surface area contributed by atoms with Crippen molar-refractivity contribution < 1.29 is 27.5 Å². The Morgan fingerprint density at radius 1 is 1.00 bits per heavy atom. The lowest BCUT2D eigenvalue weighted by Crippen LogP contribution is -2.36. The van der Waals surface area contributed by atoms with Crippen molar-refractivity contribution in [3.63, 3.8) is 0 Å². The summed E-state index contributed by atoms with van der Waals surface area (Å²) >= 11 is 5.72. The van der Waals surface area contributed by atoms with Gasteiger partial charge in [0.1, 0.15) is 5.75 Å². The molecule has 0 bridgehead atoms. The van der Waals surface area contributed by atoms with E-state index < -0.39 is 30.1 Å².